The molecule has 0 spiro atoms. The van der Waals surface area contributed by atoms with Crippen molar-refractivity contribution in [1.29, 1.82) is 0 Å². The lowest BCUT2D eigenvalue weighted by atomic mass is 9.73. The fourth-order valence-electron chi connectivity index (χ4n) is 4.89. The first kappa shape index (κ1) is 18.8. The lowest BCUT2D eigenvalue weighted by Gasteiger charge is -2.34. The van der Waals surface area contributed by atoms with Gasteiger partial charge in [-0.1, -0.05) is 31.9 Å². The maximum atomic E-state index is 14.2. The molecule has 0 bridgehead atoms. The van der Waals surface area contributed by atoms with Gasteiger partial charge in [-0.05, 0) is 86.7 Å². The molecule has 1 aromatic carbocycles. The van der Waals surface area contributed by atoms with E-state index in [1.54, 1.807) is 19.1 Å². The molecule has 1 aromatic rings. The molecular weight excluding hydrogens is 318 g/mol. The first-order valence-electron chi connectivity index (χ1n) is 10.1. The van der Waals surface area contributed by atoms with Crippen LogP contribution in [-0.4, -0.2) is 11.2 Å². The number of benzene rings is 1. The molecule has 1 nitrogen and oxygen atoms in total. The summed E-state index contributed by atoms with van der Waals surface area (Å²) in [7, 11) is 0. The zero-order chi connectivity index (χ0) is 18.0. The molecule has 1 N–H and O–H groups in total. The molecule has 140 valence electrons. The fourth-order valence-corrected chi connectivity index (χ4v) is 4.89. The van der Waals surface area contributed by atoms with Crippen LogP contribution in [0, 0.1) is 36.3 Å². The number of aryl methyl sites for hydroxylation is 1. The first-order chi connectivity index (χ1) is 12.0. The molecule has 0 saturated heterocycles. The van der Waals surface area contributed by atoms with Crippen molar-refractivity contribution in [2.45, 2.75) is 83.7 Å². The van der Waals surface area contributed by atoms with E-state index in [0.29, 0.717) is 23.0 Å². The molecule has 0 radical (unpaired) electrons. The molecule has 25 heavy (non-hydrogen) atoms. The van der Waals surface area contributed by atoms with E-state index in [4.69, 9.17) is 0 Å². The number of hydrogen-bond donors (Lipinski definition) is 1. The van der Waals surface area contributed by atoms with E-state index >= 15 is 0 Å². The van der Waals surface area contributed by atoms with Crippen LogP contribution in [-0.2, 0) is 0 Å². The Labute approximate surface area is 150 Å². The van der Waals surface area contributed by atoms with E-state index in [2.05, 4.69) is 6.92 Å². The van der Waals surface area contributed by atoms with Gasteiger partial charge in [0.05, 0.1) is 6.10 Å². The Morgan fingerprint density at radius 3 is 2.24 bits per heavy atom. The lowest BCUT2D eigenvalue weighted by molar-refractivity contribution is 0.0483. The maximum Gasteiger partial charge on any atom is 0.162 e. The van der Waals surface area contributed by atoms with Crippen molar-refractivity contribution in [3.63, 3.8) is 0 Å². The molecule has 2 aliphatic rings. The van der Waals surface area contributed by atoms with Gasteiger partial charge in [0.2, 0.25) is 0 Å². The standard InChI is InChI=1S/C22H32F2O/c1-14-3-8-18(9-4-14)20(25)13-16-6-10-17(11-7-16)19-12-5-15(2)21(23)22(19)24/h5,12,14,16-18,20,25H,3-4,6-11,13H2,1-2H3. The van der Waals surface area contributed by atoms with Crippen LogP contribution >= 0.6 is 0 Å². The summed E-state index contributed by atoms with van der Waals surface area (Å²) in [5.41, 5.74) is 0.920. The van der Waals surface area contributed by atoms with Gasteiger partial charge in [0, 0.05) is 0 Å². The monoisotopic (exact) mass is 350 g/mol. The number of rotatable bonds is 4. The molecule has 1 atom stereocenters. The van der Waals surface area contributed by atoms with E-state index in [-0.39, 0.29) is 12.0 Å². The highest BCUT2D eigenvalue weighted by Gasteiger charge is 2.30. The summed E-state index contributed by atoms with van der Waals surface area (Å²) in [5.74, 6) is 0.589. The largest absolute Gasteiger partial charge is 0.393 e. The second-order valence-electron chi connectivity index (χ2n) is 8.64. The van der Waals surface area contributed by atoms with Crippen LogP contribution in [0.3, 0.4) is 0 Å². The zero-order valence-electron chi connectivity index (χ0n) is 15.6. The fraction of sp³-hybridized carbons (Fsp3) is 0.727. The summed E-state index contributed by atoms with van der Waals surface area (Å²) in [4.78, 5) is 0. The van der Waals surface area contributed by atoms with Crippen LogP contribution in [0.25, 0.3) is 0 Å². The third-order valence-electron chi connectivity index (χ3n) is 6.77. The quantitative estimate of drug-likeness (QED) is 0.693. The van der Waals surface area contributed by atoms with Crippen LogP contribution in [0.2, 0.25) is 0 Å². The molecule has 0 aliphatic heterocycles. The average molecular weight is 350 g/mol. The van der Waals surface area contributed by atoms with Gasteiger partial charge < -0.3 is 5.11 Å². The number of halogens is 2. The van der Waals surface area contributed by atoms with Crippen molar-refractivity contribution in [2.24, 2.45) is 17.8 Å². The van der Waals surface area contributed by atoms with Gasteiger partial charge in [-0.3, -0.25) is 0 Å². The molecule has 0 heterocycles. The summed E-state index contributed by atoms with van der Waals surface area (Å²) >= 11 is 0. The van der Waals surface area contributed by atoms with Gasteiger partial charge in [-0.15, -0.1) is 0 Å². The molecule has 2 aliphatic carbocycles. The van der Waals surface area contributed by atoms with Crippen LogP contribution in [0.5, 0.6) is 0 Å². The topological polar surface area (TPSA) is 20.2 Å². The van der Waals surface area contributed by atoms with Crippen LogP contribution in [0.1, 0.15) is 81.8 Å². The van der Waals surface area contributed by atoms with Gasteiger partial charge in [-0.2, -0.15) is 0 Å². The SMILES string of the molecule is Cc1ccc(C2CCC(CC(O)C3CCC(C)CC3)CC2)c(F)c1F. The van der Waals surface area contributed by atoms with Gasteiger partial charge in [0.15, 0.2) is 11.6 Å². The van der Waals surface area contributed by atoms with Crippen molar-refractivity contribution in [3.05, 3.63) is 34.9 Å². The minimum absolute atomic E-state index is 0.124. The molecule has 0 amide bonds. The minimum atomic E-state index is -0.693. The molecule has 2 fully saturated rings. The summed E-state index contributed by atoms with van der Waals surface area (Å²) in [6.07, 6.45) is 9.34. The summed E-state index contributed by atoms with van der Waals surface area (Å²) in [5, 5.41) is 10.6. The lowest BCUT2D eigenvalue weighted by Crippen LogP contribution is -2.28. The maximum absolute atomic E-state index is 14.2. The Morgan fingerprint density at radius 2 is 1.60 bits per heavy atom. The van der Waals surface area contributed by atoms with Gasteiger partial charge >= 0.3 is 0 Å². The Morgan fingerprint density at radius 1 is 0.960 bits per heavy atom. The smallest absolute Gasteiger partial charge is 0.162 e. The Kier molecular flexibility index (Phi) is 6.14. The van der Waals surface area contributed by atoms with E-state index in [9.17, 15) is 13.9 Å². The zero-order valence-corrected chi connectivity index (χ0v) is 15.6. The van der Waals surface area contributed by atoms with Gasteiger partial charge in [0.1, 0.15) is 0 Å². The Bertz CT molecular complexity index is 570. The van der Waals surface area contributed by atoms with Crippen molar-refractivity contribution >= 4 is 0 Å². The highest BCUT2D eigenvalue weighted by Crippen LogP contribution is 2.40. The van der Waals surface area contributed by atoms with Crippen LogP contribution in [0.15, 0.2) is 12.1 Å². The van der Waals surface area contributed by atoms with E-state index in [0.717, 1.165) is 50.9 Å². The molecule has 3 heteroatoms. The number of aliphatic hydroxyl groups excluding tert-OH is 1. The van der Waals surface area contributed by atoms with Crippen LogP contribution in [0.4, 0.5) is 8.78 Å². The highest BCUT2D eigenvalue weighted by atomic mass is 19.2. The first-order valence-corrected chi connectivity index (χ1v) is 10.1. The third kappa shape index (κ3) is 4.42. The van der Waals surface area contributed by atoms with Crippen LogP contribution < -0.4 is 0 Å². The summed E-state index contributed by atoms with van der Waals surface area (Å²) in [6, 6.07) is 3.45. The summed E-state index contributed by atoms with van der Waals surface area (Å²) < 4.78 is 28.0. The third-order valence-corrected chi connectivity index (χ3v) is 6.77. The molecule has 0 aromatic heterocycles. The predicted octanol–water partition coefficient (Wildman–Crippen LogP) is 6.12. The second-order valence-corrected chi connectivity index (χ2v) is 8.64. The minimum Gasteiger partial charge on any atom is -0.393 e. The van der Waals surface area contributed by atoms with Gasteiger partial charge in [0.25, 0.3) is 0 Å². The highest BCUT2D eigenvalue weighted by molar-refractivity contribution is 5.28. The number of hydrogen-bond acceptors (Lipinski definition) is 1. The van der Waals surface area contributed by atoms with Gasteiger partial charge in [-0.25, -0.2) is 8.78 Å². The van der Waals surface area contributed by atoms with Crippen molar-refractivity contribution < 1.29 is 13.9 Å². The molecule has 1 unspecified atom stereocenters. The van der Waals surface area contributed by atoms with E-state index in [1.165, 1.54) is 12.8 Å². The van der Waals surface area contributed by atoms with Crippen molar-refractivity contribution in [2.75, 3.05) is 0 Å². The Balaban J connectivity index is 1.51. The van der Waals surface area contributed by atoms with E-state index in [1.807, 2.05) is 0 Å². The molecule has 3 rings (SSSR count). The second kappa shape index (κ2) is 8.16. The average Bonchev–Trinajstić information content (AvgIpc) is 2.61. The molecular formula is C22H32F2O. The predicted molar refractivity (Wildman–Crippen MR) is 97.5 cm³/mol. The Hall–Kier alpha value is -0.960. The summed E-state index contributed by atoms with van der Waals surface area (Å²) in [6.45, 7) is 3.91. The number of aliphatic hydroxyl groups is 1. The van der Waals surface area contributed by atoms with E-state index < -0.39 is 11.6 Å². The van der Waals surface area contributed by atoms with Crippen molar-refractivity contribution in [1.82, 2.24) is 0 Å². The molecule has 2 saturated carbocycles. The normalized spacial score (nSPS) is 31.7. The van der Waals surface area contributed by atoms with Crippen molar-refractivity contribution in [3.8, 4) is 0 Å².